The predicted molar refractivity (Wildman–Crippen MR) is 129 cm³/mol. The second-order valence-electron chi connectivity index (χ2n) is 8.98. The smallest absolute Gasteiger partial charge is 0.0962 e. The van der Waals surface area contributed by atoms with Crippen LogP contribution in [0.25, 0.3) is 0 Å². The van der Waals surface area contributed by atoms with E-state index < -0.39 is 0 Å². The molecule has 0 amide bonds. The molecule has 0 aliphatic carbocycles. The van der Waals surface area contributed by atoms with E-state index in [1.165, 1.54) is 11.1 Å². The van der Waals surface area contributed by atoms with E-state index in [4.69, 9.17) is 14.7 Å². The molecule has 160 valence electrons. The maximum atomic E-state index is 6.49. The molecule has 0 N–H and O–H groups in total. The summed E-state index contributed by atoms with van der Waals surface area (Å²) < 4.78 is 6.49. The van der Waals surface area contributed by atoms with Crippen molar-refractivity contribution < 1.29 is 4.74 Å². The number of para-hydroxylation sites is 2. The first-order valence-electron chi connectivity index (χ1n) is 11.3. The van der Waals surface area contributed by atoms with E-state index in [0.29, 0.717) is 11.8 Å². The Labute approximate surface area is 182 Å². The molecule has 1 saturated heterocycles. The maximum absolute atomic E-state index is 6.49. The van der Waals surface area contributed by atoms with Gasteiger partial charge < -0.3 is 4.74 Å². The molecule has 1 heterocycles. The fraction of sp³-hybridized carbons (Fsp3) is 0.481. The van der Waals surface area contributed by atoms with Crippen LogP contribution in [0.1, 0.15) is 83.8 Å². The lowest BCUT2D eigenvalue weighted by Gasteiger charge is -2.30. The number of benzene rings is 2. The molecule has 2 aromatic carbocycles. The van der Waals surface area contributed by atoms with Crippen molar-refractivity contribution in [3.05, 3.63) is 59.7 Å². The molecular weight excluding hydrogens is 368 g/mol. The normalized spacial score (nSPS) is 20.8. The van der Waals surface area contributed by atoms with Gasteiger partial charge in [0.25, 0.3) is 0 Å². The van der Waals surface area contributed by atoms with Crippen LogP contribution in [-0.4, -0.2) is 23.6 Å². The Hall–Kier alpha value is -2.26. The van der Waals surface area contributed by atoms with Crippen LogP contribution in [0.5, 0.6) is 0 Å². The summed E-state index contributed by atoms with van der Waals surface area (Å²) >= 11 is 0. The van der Waals surface area contributed by atoms with Crippen molar-refractivity contribution in [1.29, 1.82) is 0 Å². The summed E-state index contributed by atoms with van der Waals surface area (Å²) in [6, 6.07) is 16.9. The average molecular weight is 405 g/mol. The van der Waals surface area contributed by atoms with Crippen molar-refractivity contribution >= 4 is 22.8 Å². The Morgan fingerprint density at radius 3 is 1.53 bits per heavy atom. The third kappa shape index (κ3) is 5.46. The van der Waals surface area contributed by atoms with Gasteiger partial charge in [-0.15, -0.1) is 0 Å². The summed E-state index contributed by atoms with van der Waals surface area (Å²) in [5, 5.41) is 0. The van der Waals surface area contributed by atoms with Crippen LogP contribution in [-0.2, 0) is 4.74 Å². The Bertz CT molecular complexity index is 837. The standard InChI is InChI=1S/C27H36N2O/c1-18(2)22-12-7-9-14-24(22)28-20(5)26-16-11-17-27(30-26)21(6)29-25-15-10-8-13-23(25)19(3)4/h7-10,12-15,18-19,26-27H,11,16-17H2,1-6H3/b28-20+,29-21+. The molecule has 0 bridgehead atoms. The predicted octanol–water partition coefficient (Wildman–Crippen LogP) is 7.76. The first-order chi connectivity index (χ1) is 14.4. The molecule has 2 atom stereocenters. The van der Waals surface area contributed by atoms with Gasteiger partial charge in [0.2, 0.25) is 0 Å². The molecule has 1 aliphatic rings. The van der Waals surface area contributed by atoms with Gasteiger partial charge in [0.15, 0.2) is 0 Å². The molecule has 2 aromatic rings. The lowest BCUT2D eigenvalue weighted by molar-refractivity contribution is 0.0230. The van der Waals surface area contributed by atoms with E-state index in [0.717, 1.165) is 42.1 Å². The molecule has 1 aliphatic heterocycles. The van der Waals surface area contributed by atoms with Gasteiger partial charge in [-0.05, 0) is 68.2 Å². The Morgan fingerprint density at radius 1 is 0.733 bits per heavy atom. The van der Waals surface area contributed by atoms with Gasteiger partial charge in [0, 0.05) is 11.4 Å². The SMILES string of the molecule is C/C(=N\c1ccccc1C(C)C)C1CCCC(/C(C)=N/c2ccccc2C(C)C)O1. The van der Waals surface area contributed by atoms with Crippen molar-refractivity contribution in [2.45, 2.75) is 84.8 Å². The van der Waals surface area contributed by atoms with Gasteiger partial charge in [0.1, 0.15) is 0 Å². The van der Waals surface area contributed by atoms with Crippen LogP contribution in [0.3, 0.4) is 0 Å². The lowest BCUT2D eigenvalue weighted by Crippen LogP contribution is -2.36. The minimum atomic E-state index is 0.0504. The summed E-state index contributed by atoms with van der Waals surface area (Å²) in [6.45, 7) is 13.1. The fourth-order valence-corrected chi connectivity index (χ4v) is 4.12. The van der Waals surface area contributed by atoms with Gasteiger partial charge in [-0.1, -0.05) is 64.1 Å². The Balaban J connectivity index is 1.79. The maximum Gasteiger partial charge on any atom is 0.0962 e. The molecule has 0 spiro atoms. The molecule has 1 fully saturated rings. The topological polar surface area (TPSA) is 34.0 Å². The molecule has 3 nitrogen and oxygen atoms in total. The summed E-state index contributed by atoms with van der Waals surface area (Å²) in [5.41, 5.74) is 6.81. The van der Waals surface area contributed by atoms with Gasteiger partial charge >= 0.3 is 0 Å². The molecule has 0 saturated carbocycles. The van der Waals surface area contributed by atoms with Gasteiger partial charge in [-0.2, -0.15) is 0 Å². The minimum Gasteiger partial charge on any atom is -0.363 e. The van der Waals surface area contributed by atoms with Gasteiger partial charge in [-0.25, -0.2) is 0 Å². The first-order valence-corrected chi connectivity index (χ1v) is 11.3. The van der Waals surface area contributed by atoms with E-state index in [-0.39, 0.29) is 12.2 Å². The van der Waals surface area contributed by atoms with Crippen molar-refractivity contribution in [1.82, 2.24) is 0 Å². The number of aliphatic imine (C=N–C) groups is 2. The number of rotatable bonds is 6. The summed E-state index contributed by atoms with van der Waals surface area (Å²) in [6.07, 6.45) is 3.27. The van der Waals surface area contributed by atoms with Crippen molar-refractivity contribution in [2.75, 3.05) is 0 Å². The highest BCUT2D eigenvalue weighted by Gasteiger charge is 2.26. The molecule has 3 heteroatoms. The van der Waals surface area contributed by atoms with Crippen molar-refractivity contribution in [2.24, 2.45) is 9.98 Å². The highest BCUT2D eigenvalue weighted by molar-refractivity contribution is 5.92. The molecule has 3 rings (SSSR count). The fourth-order valence-electron chi connectivity index (χ4n) is 4.12. The largest absolute Gasteiger partial charge is 0.363 e. The van der Waals surface area contributed by atoms with Crippen molar-refractivity contribution in [3.63, 3.8) is 0 Å². The van der Waals surface area contributed by atoms with Crippen LogP contribution in [0, 0.1) is 0 Å². The van der Waals surface area contributed by atoms with E-state index >= 15 is 0 Å². The average Bonchev–Trinajstić information content (AvgIpc) is 2.74. The van der Waals surface area contributed by atoms with Crippen LogP contribution >= 0.6 is 0 Å². The van der Waals surface area contributed by atoms with Crippen LogP contribution in [0.2, 0.25) is 0 Å². The first kappa shape index (κ1) is 22.4. The van der Waals surface area contributed by atoms with Crippen LogP contribution in [0.15, 0.2) is 58.5 Å². The van der Waals surface area contributed by atoms with Crippen LogP contribution < -0.4 is 0 Å². The Morgan fingerprint density at radius 2 is 1.13 bits per heavy atom. The summed E-state index contributed by atoms with van der Waals surface area (Å²) in [7, 11) is 0. The second-order valence-corrected chi connectivity index (χ2v) is 8.98. The summed E-state index contributed by atoms with van der Waals surface area (Å²) in [5.74, 6) is 0.904. The third-order valence-corrected chi connectivity index (χ3v) is 5.90. The van der Waals surface area contributed by atoms with E-state index in [2.05, 4.69) is 90.1 Å². The van der Waals surface area contributed by atoms with Crippen molar-refractivity contribution in [3.8, 4) is 0 Å². The van der Waals surface area contributed by atoms with Gasteiger partial charge in [-0.3, -0.25) is 9.98 Å². The Kier molecular flexibility index (Phi) is 7.60. The van der Waals surface area contributed by atoms with Gasteiger partial charge in [0.05, 0.1) is 23.6 Å². The second kappa shape index (κ2) is 10.2. The quantitative estimate of drug-likeness (QED) is 0.453. The zero-order valence-electron chi connectivity index (χ0n) is 19.4. The summed E-state index contributed by atoms with van der Waals surface area (Å²) in [4.78, 5) is 9.94. The lowest BCUT2D eigenvalue weighted by atomic mass is 9.98. The third-order valence-electron chi connectivity index (χ3n) is 5.90. The molecule has 30 heavy (non-hydrogen) atoms. The van der Waals surface area contributed by atoms with E-state index in [1.54, 1.807) is 0 Å². The monoisotopic (exact) mass is 404 g/mol. The molecule has 2 unspecified atom stereocenters. The number of hydrogen-bond acceptors (Lipinski definition) is 3. The number of hydrogen-bond donors (Lipinski definition) is 0. The zero-order valence-corrected chi connectivity index (χ0v) is 19.4. The van der Waals surface area contributed by atoms with Crippen LogP contribution in [0.4, 0.5) is 11.4 Å². The number of nitrogens with zero attached hydrogens (tertiary/aromatic N) is 2. The molecule has 0 radical (unpaired) electrons. The van der Waals surface area contributed by atoms with E-state index in [1.807, 2.05) is 0 Å². The highest BCUT2D eigenvalue weighted by atomic mass is 16.5. The zero-order chi connectivity index (χ0) is 21.7. The minimum absolute atomic E-state index is 0.0504. The number of ether oxygens (including phenoxy) is 1. The highest BCUT2D eigenvalue weighted by Crippen LogP contribution is 2.30. The molecule has 0 aromatic heterocycles. The molecular formula is C27H36N2O. The van der Waals surface area contributed by atoms with E-state index in [9.17, 15) is 0 Å².